The van der Waals surface area contributed by atoms with Crippen LogP contribution < -0.4 is 10.1 Å². The van der Waals surface area contributed by atoms with Crippen LogP contribution in [0.15, 0.2) is 59.6 Å². The van der Waals surface area contributed by atoms with Gasteiger partial charge in [-0.25, -0.2) is 4.99 Å². The molecule has 140 valence electrons. The molecule has 0 atom stereocenters. The summed E-state index contributed by atoms with van der Waals surface area (Å²) in [6.07, 6.45) is 0. The second-order valence-electron chi connectivity index (χ2n) is 6.20. The Hall–Kier alpha value is -2.53. The first-order valence-electron chi connectivity index (χ1n) is 8.35. The number of nitrogens with zero attached hydrogens (tertiary/aromatic N) is 1. The minimum atomic E-state index is -0.278. The molecule has 7 heteroatoms. The van der Waals surface area contributed by atoms with Crippen molar-refractivity contribution in [3.63, 3.8) is 0 Å². The number of rotatable bonds is 3. The average Bonchev–Trinajstić information content (AvgIpc) is 3.00. The highest BCUT2D eigenvalue weighted by Crippen LogP contribution is 2.35. The van der Waals surface area contributed by atoms with Gasteiger partial charge in [0.2, 0.25) is 0 Å². The highest BCUT2D eigenvalue weighted by Gasteiger charge is 2.29. The van der Waals surface area contributed by atoms with Crippen LogP contribution in [0.4, 0.5) is 11.4 Å². The zero-order valence-corrected chi connectivity index (χ0v) is 16.9. The van der Waals surface area contributed by atoms with Crippen molar-refractivity contribution in [2.45, 2.75) is 6.92 Å². The summed E-state index contributed by atoms with van der Waals surface area (Å²) in [5.41, 5.74) is 3.15. The number of aryl methyl sites for hydroxylation is 1. The highest BCUT2D eigenvalue weighted by atomic mass is 35.5. The van der Waals surface area contributed by atoms with Gasteiger partial charge in [0, 0.05) is 10.6 Å². The van der Waals surface area contributed by atoms with Gasteiger partial charge >= 0.3 is 0 Å². The maximum atomic E-state index is 12.4. The third-order valence-electron chi connectivity index (χ3n) is 4.25. The Morgan fingerprint density at radius 3 is 2.39 bits per heavy atom. The van der Waals surface area contributed by atoms with E-state index >= 15 is 0 Å². The minimum absolute atomic E-state index is 0.278. The Balaban J connectivity index is 1.62. The molecule has 1 heterocycles. The zero-order chi connectivity index (χ0) is 19.8. The van der Waals surface area contributed by atoms with Gasteiger partial charge in [-0.2, -0.15) is 0 Å². The molecular weight excluding hydrogens is 419 g/mol. The molecule has 28 heavy (non-hydrogen) atoms. The number of carbonyl (C=O) groups is 1. The van der Waals surface area contributed by atoms with E-state index in [0.717, 1.165) is 5.56 Å². The Bertz CT molecular complexity index is 1130. The second-order valence-corrected chi connectivity index (χ2v) is 7.45. The Morgan fingerprint density at radius 2 is 1.68 bits per heavy atom. The lowest BCUT2D eigenvalue weighted by Gasteiger charge is -2.08. The van der Waals surface area contributed by atoms with E-state index in [1.54, 1.807) is 48.5 Å². The first kappa shape index (κ1) is 18.8. The molecule has 0 saturated heterocycles. The summed E-state index contributed by atoms with van der Waals surface area (Å²) >= 11 is 18.3. The van der Waals surface area contributed by atoms with Crippen molar-refractivity contribution < 1.29 is 9.53 Å². The van der Waals surface area contributed by atoms with E-state index in [9.17, 15) is 4.79 Å². The van der Waals surface area contributed by atoms with Gasteiger partial charge in [0.1, 0.15) is 17.2 Å². The maximum Gasteiger partial charge on any atom is 0.275 e. The Kier molecular flexibility index (Phi) is 5.02. The van der Waals surface area contributed by atoms with Crippen molar-refractivity contribution in [1.82, 2.24) is 0 Å². The number of benzene rings is 3. The SMILES string of the molecule is Cc1ccc(Cl)c2c1NC(=O)C2=Nc1ccc(Oc2ccc(Cl)cc2Cl)cc1. The van der Waals surface area contributed by atoms with E-state index in [2.05, 4.69) is 10.3 Å². The standard InChI is InChI=1S/C21H13Cl3N2O2/c1-11-2-8-15(23)18-19(11)26-21(27)20(18)25-13-4-6-14(7-5-13)28-17-9-3-12(22)10-16(17)24/h2-10H,1H3,(H,25,26,27). The number of anilines is 1. The van der Waals surface area contributed by atoms with Gasteiger partial charge < -0.3 is 10.1 Å². The van der Waals surface area contributed by atoms with E-state index in [-0.39, 0.29) is 11.6 Å². The zero-order valence-electron chi connectivity index (χ0n) is 14.6. The van der Waals surface area contributed by atoms with E-state index in [1.807, 2.05) is 13.0 Å². The number of ether oxygens (including phenoxy) is 1. The summed E-state index contributed by atoms with van der Waals surface area (Å²) in [7, 11) is 0. The van der Waals surface area contributed by atoms with Crippen LogP contribution in [0.5, 0.6) is 11.5 Å². The molecule has 0 aliphatic carbocycles. The fourth-order valence-corrected chi connectivity index (χ4v) is 3.56. The summed E-state index contributed by atoms with van der Waals surface area (Å²) in [5, 5.41) is 4.26. The third-order valence-corrected chi connectivity index (χ3v) is 5.10. The molecule has 0 radical (unpaired) electrons. The van der Waals surface area contributed by atoms with Crippen LogP contribution in [0.2, 0.25) is 15.1 Å². The molecular formula is C21H13Cl3N2O2. The van der Waals surface area contributed by atoms with Gasteiger partial charge in [-0.05, 0) is 61.0 Å². The lowest BCUT2D eigenvalue weighted by molar-refractivity contribution is -0.110. The number of aliphatic imine (C=N–C) groups is 1. The quantitative estimate of drug-likeness (QED) is 0.494. The molecule has 4 nitrogen and oxygen atoms in total. The minimum Gasteiger partial charge on any atom is -0.456 e. The number of fused-ring (bicyclic) bond motifs is 1. The lowest BCUT2D eigenvalue weighted by atomic mass is 10.1. The number of amides is 1. The fourth-order valence-electron chi connectivity index (χ4n) is 2.87. The molecule has 3 aromatic rings. The molecule has 0 spiro atoms. The molecule has 1 N–H and O–H groups in total. The second kappa shape index (κ2) is 7.47. The topological polar surface area (TPSA) is 50.7 Å². The van der Waals surface area contributed by atoms with Crippen LogP contribution in [0.3, 0.4) is 0 Å². The summed E-state index contributed by atoms with van der Waals surface area (Å²) in [5.74, 6) is 0.800. The van der Waals surface area contributed by atoms with Crippen LogP contribution in [-0.4, -0.2) is 11.6 Å². The van der Waals surface area contributed by atoms with Gasteiger partial charge in [-0.1, -0.05) is 40.9 Å². The number of hydrogen-bond acceptors (Lipinski definition) is 3. The summed E-state index contributed by atoms with van der Waals surface area (Å²) in [6, 6.07) is 15.6. The molecule has 0 saturated carbocycles. The number of nitrogens with one attached hydrogen (secondary N) is 1. The van der Waals surface area contributed by atoms with Gasteiger partial charge in [0.05, 0.1) is 21.4 Å². The normalized spacial score (nSPS) is 14.1. The molecule has 0 unspecified atom stereocenters. The largest absolute Gasteiger partial charge is 0.456 e. The molecule has 1 amide bonds. The molecule has 4 rings (SSSR count). The van der Waals surface area contributed by atoms with Crippen molar-refractivity contribution in [1.29, 1.82) is 0 Å². The lowest BCUT2D eigenvalue weighted by Crippen LogP contribution is -2.14. The number of carbonyl (C=O) groups excluding carboxylic acids is 1. The molecule has 3 aromatic carbocycles. The predicted octanol–water partition coefficient (Wildman–Crippen LogP) is 6.82. The third kappa shape index (κ3) is 3.59. The predicted molar refractivity (Wildman–Crippen MR) is 114 cm³/mol. The Morgan fingerprint density at radius 1 is 0.929 bits per heavy atom. The van der Waals surface area contributed by atoms with Crippen LogP contribution in [0, 0.1) is 6.92 Å². The monoisotopic (exact) mass is 430 g/mol. The Labute approximate surface area is 176 Å². The van der Waals surface area contributed by atoms with Gasteiger partial charge in [-0.3, -0.25) is 4.79 Å². The van der Waals surface area contributed by atoms with Gasteiger partial charge in [0.15, 0.2) is 0 Å². The van der Waals surface area contributed by atoms with Crippen molar-refractivity contribution in [3.05, 3.63) is 80.8 Å². The summed E-state index contributed by atoms with van der Waals surface area (Å²) in [6.45, 7) is 1.91. The average molecular weight is 432 g/mol. The molecule has 1 aliphatic rings. The van der Waals surface area contributed by atoms with Crippen LogP contribution in [0.25, 0.3) is 0 Å². The van der Waals surface area contributed by atoms with Gasteiger partial charge in [0.25, 0.3) is 5.91 Å². The first-order valence-corrected chi connectivity index (χ1v) is 9.48. The van der Waals surface area contributed by atoms with Crippen LogP contribution >= 0.6 is 34.8 Å². The summed E-state index contributed by atoms with van der Waals surface area (Å²) in [4.78, 5) is 16.8. The molecule has 0 fully saturated rings. The van der Waals surface area contributed by atoms with E-state index in [1.165, 1.54) is 0 Å². The van der Waals surface area contributed by atoms with E-state index in [4.69, 9.17) is 39.5 Å². The summed E-state index contributed by atoms with van der Waals surface area (Å²) < 4.78 is 5.76. The number of hydrogen-bond donors (Lipinski definition) is 1. The van der Waals surface area contributed by atoms with Crippen LogP contribution in [-0.2, 0) is 4.79 Å². The smallest absolute Gasteiger partial charge is 0.275 e. The fraction of sp³-hybridized carbons (Fsp3) is 0.0476. The van der Waals surface area contributed by atoms with Crippen molar-refractivity contribution in [2.75, 3.05) is 5.32 Å². The maximum absolute atomic E-state index is 12.4. The van der Waals surface area contributed by atoms with Gasteiger partial charge in [-0.15, -0.1) is 0 Å². The van der Waals surface area contributed by atoms with E-state index < -0.39 is 0 Å². The first-order chi connectivity index (χ1) is 13.4. The van der Waals surface area contributed by atoms with Crippen molar-refractivity contribution in [2.24, 2.45) is 4.99 Å². The highest BCUT2D eigenvalue weighted by molar-refractivity contribution is 6.57. The van der Waals surface area contributed by atoms with Crippen molar-refractivity contribution >= 4 is 57.8 Å². The molecule has 1 aliphatic heterocycles. The van der Waals surface area contributed by atoms with E-state index in [0.29, 0.717) is 43.5 Å². The number of halogens is 3. The molecule has 0 bridgehead atoms. The molecule has 0 aromatic heterocycles. The van der Waals surface area contributed by atoms with Crippen LogP contribution in [0.1, 0.15) is 11.1 Å². The van der Waals surface area contributed by atoms with Crippen molar-refractivity contribution in [3.8, 4) is 11.5 Å².